The van der Waals surface area contributed by atoms with Crippen LogP contribution in [0.15, 0.2) is 36.9 Å². The van der Waals surface area contributed by atoms with Crippen LogP contribution in [0.3, 0.4) is 0 Å². The van der Waals surface area contributed by atoms with Gasteiger partial charge in [-0.25, -0.2) is 0 Å². The van der Waals surface area contributed by atoms with E-state index < -0.39 is 6.53 Å². The van der Waals surface area contributed by atoms with Gasteiger partial charge in [0, 0.05) is 0 Å². The molecule has 0 aliphatic heterocycles. The average Bonchev–Trinajstić information content (AvgIpc) is 2.05. The fourth-order valence-electron chi connectivity index (χ4n) is 0.521. The molecule has 8 heavy (non-hydrogen) atoms. The Morgan fingerprint density at radius 1 is 1.50 bits per heavy atom. The van der Waals surface area contributed by atoms with E-state index in [0.29, 0.717) is 5.56 Å². The number of rotatable bonds is 1. The Kier molecular flexibility index (Phi) is 0.721. The van der Waals surface area contributed by atoms with Gasteiger partial charge in [-0.2, -0.15) is 0 Å². The van der Waals surface area contributed by atoms with Gasteiger partial charge in [-0.15, -0.1) is 0 Å². The van der Waals surface area contributed by atoms with Gasteiger partial charge in [0.25, 0.3) is 0 Å². The number of hydrogen-bond donors (Lipinski definition) is 0. The van der Waals surface area contributed by atoms with Gasteiger partial charge < -0.3 is 0 Å². The zero-order chi connectivity index (χ0) is 8.27. The van der Waals surface area contributed by atoms with Crippen LogP contribution in [0, 0.1) is 0 Å². The molecule has 0 atom stereocenters. The molecular weight excluding hydrogens is 96.1 g/mol. The Labute approximate surface area is 53.7 Å². The summed E-state index contributed by atoms with van der Waals surface area (Å²) in [7, 11) is 0. The Bertz CT molecular complexity index is 260. The summed E-state index contributed by atoms with van der Waals surface area (Å²) in [6.45, 7) is -0.448. The highest BCUT2D eigenvalue weighted by atomic mass is 13.8. The van der Waals surface area contributed by atoms with Crippen LogP contribution < -0.4 is 0 Å². The van der Waals surface area contributed by atoms with Crippen LogP contribution in [0.4, 0.5) is 0 Å². The standard InChI is InChI=1S/C8H8/c1-2-8-6-4-3-5-7-8/h2-7H,1H2/i1D2,2D. The third kappa shape index (κ3) is 0.969. The molecule has 0 saturated heterocycles. The van der Waals surface area contributed by atoms with Crippen molar-refractivity contribution in [2.75, 3.05) is 0 Å². The quantitative estimate of drug-likeness (QED) is 0.516. The Morgan fingerprint density at radius 3 is 2.88 bits per heavy atom. The summed E-state index contributed by atoms with van der Waals surface area (Å²) < 4.78 is 21.0. The smallest absolute Gasteiger partial charge is 0.0623 e. The highest BCUT2D eigenvalue weighted by Gasteiger charge is 1.75. The lowest BCUT2D eigenvalue weighted by Gasteiger charge is -1.85. The van der Waals surface area contributed by atoms with Crippen molar-refractivity contribution in [3.63, 3.8) is 0 Å². The summed E-state index contributed by atoms with van der Waals surface area (Å²) in [5, 5.41) is 0. The second kappa shape index (κ2) is 2.31. The fourth-order valence-corrected chi connectivity index (χ4v) is 0.521. The molecule has 0 heteroatoms. The molecule has 0 aliphatic rings. The van der Waals surface area contributed by atoms with E-state index in [1.165, 1.54) is 0 Å². The number of hydrogen-bond acceptors (Lipinski definition) is 0. The molecule has 0 fully saturated rings. The summed E-state index contributed by atoms with van der Waals surface area (Å²) in [6.07, 6.45) is 0. The molecule has 0 unspecified atom stereocenters. The largest absolute Gasteiger partial charge is 0.0985 e. The van der Waals surface area contributed by atoms with Gasteiger partial charge >= 0.3 is 0 Å². The molecule has 0 nitrogen and oxygen atoms in total. The third-order valence-electron chi connectivity index (χ3n) is 0.918. The topological polar surface area (TPSA) is 0 Å². The Hall–Kier alpha value is -1.04. The van der Waals surface area contributed by atoms with Crippen molar-refractivity contribution >= 4 is 6.05 Å². The summed E-state index contributed by atoms with van der Waals surface area (Å²) in [5.41, 5.74) is 0.618. The molecule has 0 spiro atoms. The molecule has 1 rings (SSSR count). The summed E-state index contributed by atoms with van der Waals surface area (Å²) in [4.78, 5) is 0. The lowest BCUT2D eigenvalue weighted by atomic mass is 10.2. The molecule has 0 heterocycles. The van der Waals surface area contributed by atoms with Gasteiger partial charge in [-0.05, 0) is 5.56 Å². The summed E-state index contributed by atoms with van der Waals surface area (Å²) in [6, 6.07) is 8.80. The van der Waals surface area contributed by atoms with Crippen molar-refractivity contribution in [2.45, 2.75) is 0 Å². The molecule has 0 N–H and O–H groups in total. The first-order valence-electron chi connectivity index (χ1n) is 3.91. The van der Waals surface area contributed by atoms with Crippen LogP contribution in [-0.4, -0.2) is 0 Å². The van der Waals surface area contributed by atoms with Gasteiger partial charge in [-0.1, -0.05) is 42.9 Å². The second-order valence-corrected chi connectivity index (χ2v) is 1.49. The van der Waals surface area contributed by atoms with Gasteiger partial charge in [-0.3, -0.25) is 0 Å². The average molecular weight is 107 g/mol. The van der Waals surface area contributed by atoms with Gasteiger partial charge in [0.2, 0.25) is 0 Å². The maximum Gasteiger partial charge on any atom is 0.0623 e. The van der Waals surface area contributed by atoms with Crippen molar-refractivity contribution in [1.82, 2.24) is 0 Å². The van der Waals surface area contributed by atoms with E-state index in [4.69, 9.17) is 4.11 Å². The lowest BCUT2D eigenvalue weighted by Crippen LogP contribution is -1.63. The van der Waals surface area contributed by atoms with Crippen molar-refractivity contribution in [3.05, 3.63) is 42.4 Å². The molecule has 1 aromatic carbocycles. The molecule has 0 bridgehead atoms. The first-order chi connectivity index (χ1) is 5.22. The molecule has 40 valence electrons. The minimum absolute atomic E-state index is 0.0365. The van der Waals surface area contributed by atoms with E-state index in [9.17, 15) is 0 Å². The number of benzene rings is 1. The van der Waals surface area contributed by atoms with Gasteiger partial charge in [0.1, 0.15) is 0 Å². The van der Waals surface area contributed by atoms with Crippen molar-refractivity contribution in [3.8, 4) is 0 Å². The van der Waals surface area contributed by atoms with E-state index in [0.717, 1.165) is 0 Å². The van der Waals surface area contributed by atoms with E-state index in [1.54, 1.807) is 24.3 Å². The van der Waals surface area contributed by atoms with E-state index in [1.807, 2.05) is 6.07 Å². The third-order valence-corrected chi connectivity index (χ3v) is 0.918. The maximum absolute atomic E-state index is 7.27. The highest BCUT2D eigenvalue weighted by Crippen LogP contribution is 1.97. The summed E-state index contributed by atoms with van der Waals surface area (Å²) >= 11 is 0. The predicted octanol–water partition coefficient (Wildman–Crippen LogP) is 2.33. The SMILES string of the molecule is [2H]C([2H])=C([2H])c1ccccc1. The van der Waals surface area contributed by atoms with E-state index >= 15 is 0 Å². The van der Waals surface area contributed by atoms with Crippen LogP contribution in [0.5, 0.6) is 0 Å². The lowest BCUT2D eigenvalue weighted by molar-refractivity contribution is 1.67. The zero-order valence-corrected chi connectivity index (χ0v) is 4.39. The molecule has 0 saturated carbocycles. The van der Waals surface area contributed by atoms with E-state index in [2.05, 4.69) is 0 Å². The maximum atomic E-state index is 7.27. The minimum Gasteiger partial charge on any atom is -0.0985 e. The predicted molar refractivity (Wildman–Crippen MR) is 36.5 cm³/mol. The zero-order valence-electron chi connectivity index (χ0n) is 7.39. The Morgan fingerprint density at radius 2 is 2.25 bits per heavy atom. The Balaban J connectivity index is 3.04. The van der Waals surface area contributed by atoms with Crippen LogP contribution in [-0.2, 0) is 0 Å². The second-order valence-electron chi connectivity index (χ2n) is 1.49. The first-order valence-corrected chi connectivity index (χ1v) is 2.41. The van der Waals surface area contributed by atoms with Crippen molar-refractivity contribution in [2.24, 2.45) is 0 Å². The van der Waals surface area contributed by atoms with Crippen LogP contribution in [0.1, 0.15) is 9.68 Å². The van der Waals surface area contributed by atoms with Crippen molar-refractivity contribution in [1.29, 1.82) is 0 Å². The monoisotopic (exact) mass is 107 g/mol. The molecule has 0 amide bonds. The molecule has 1 aromatic rings. The molecule has 0 aromatic heterocycles. The van der Waals surface area contributed by atoms with Gasteiger partial charge in [0.15, 0.2) is 0 Å². The van der Waals surface area contributed by atoms with Gasteiger partial charge in [0.05, 0.1) is 4.11 Å². The molecule has 0 aliphatic carbocycles. The first kappa shape index (κ1) is 2.49. The molecule has 0 radical (unpaired) electrons. The van der Waals surface area contributed by atoms with E-state index in [-0.39, 0.29) is 6.05 Å². The molecular formula is C8H8. The highest BCUT2D eigenvalue weighted by molar-refractivity contribution is 5.45. The minimum atomic E-state index is -0.448. The van der Waals surface area contributed by atoms with Crippen molar-refractivity contribution < 1.29 is 4.11 Å². The normalized spacial score (nSPS) is 13.2. The van der Waals surface area contributed by atoms with Crippen LogP contribution >= 0.6 is 0 Å². The van der Waals surface area contributed by atoms with Crippen LogP contribution in [0.2, 0.25) is 0 Å². The van der Waals surface area contributed by atoms with Crippen LogP contribution in [0.25, 0.3) is 6.05 Å². The fraction of sp³-hybridized carbons (Fsp3) is 0. The summed E-state index contributed by atoms with van der Waals surface area (Å²) in [5.74, 6) is 0.